The number of benzene rings is 2. The summed E-state index contributed by atoms with van der Waals surface area (Å²) < 4.78 is 30.2. The van der Waals surface area contributed by atoms with Gasteiger partial charge in [-0.25, -0.2) is 0 Å². The quantitative estimate of drug-likeness (QED) is 0.750. The van der Waals surface area contributed by atoms with E-state index in [2.05, 4.69) is 17.5 Å². The van der Waals surface area contributed by atoms with Crippen LogP contribution < -0.4 is 8.64 Å². The Morgan fingerprint density at radius 2 is 2.00 bits per heavy atom. The van der Waals surface area contributed by atoms with Crippen LogP contribution in [0.2, 0.25) is 0 Å². The van der Waals surface area contributed by atoms with E-state index in [9.17, 15) is 18.4 Å². The molecule has 3 nitrogen and oxygen atoms in total. The second-order valence-electron chi connectivity index (χ2n) is 6.80. The molecule has 5 rings (SSSR count). The van der Waals surface area contributed by atoms with Gasteiger partial charge in [-0.05, 0) is 0 Å². The van der Waals surface area contributed by atoms with Crippen LogP contribution in [0.3, 0.4) is 0 Å². The number of nitrogens with one attached hydrogen (secondary N) is 1. The summed E-state index contributed by atoms with van der Waals surface area (Å²) in [5.74, 6) is -1.08. The fourth-order valence-electron chi connectivity index (χ4n) is 4.41. The zero-order chi connectivity index (χ0) is 18.0. The molecule has 3 aliphatic rings. The van der Waals surface area contributed by atoms with Crippen LogP contribution in [0.15, 0.2) is 39.7 Å². The molecule has 1 fully saturated rings. The van der Waals surface area contributed by atoms with Gasteiger partial charge in [0, 0.05) is 0 Å². The van der Waals surface area contributed by atoms with Crippen LogP contribution >= 0.6 is 11.8 Å². The van der Waals surface area contributed by atoms with Crippen molar-refractivity contribution in [2.45, 2.75) is 15.3 Å². The number of rotatable bonds is 3. The third kappa shape index (κ3) is 2.40. The summed E-state index contributed by atoms with van der Waals surface area (Å²) in [5, 5.41) is 1.69. The Kier molecular flexibility index (Phi) is 3.79. The maximum absolute atomic E-state index is 14.1. The van der Waals surface area contributed by atoms with E-state index in [1.165, 1.54) is 12.7 Å². The Bertz CT molecular complexity index is 1020. The standard InChI is InChI=1S/C19H12F2NO2S.In/c20-15-8-9-16(21)14(10-15)7-3-6-12-4-1-2-5-13(12)11-17-18(23)22-19(24)25-17;/h1-2,5-6,8-11,17H,7H2,(H,22,23,24);. The van der Waals surface area contributed by atoms with Gasteiger partial charge in [0.15, 0.2) is 0 Å². The van der Waals surface area contributed by atoms with Gasteiger partial charge < -0.3 is 0 Å². The second-order valence-corrected chi connectivity index (χ2v) is 16.6. The average molecular weight is 471 g/mol. The molecular formula is C19H12F2InNO2S. The van der Waals surface area contributed by atoms with Gasteiger partial charge in [0.2, 0.25) is 0 Å². The topological polar surface area (TPSA) is 46.2 Å². The van der Waals surface area contributed by atoms with Crippen molar-refractivity contribution in [3.8, 4) is 0 Å². The molecule has 2 atom stereocenters. The van der Waals surface area contributed by atoms with Gasteiger partial charge in [-0.15, -0.1) is 0 Å². The molecule has 1 N–H and O–H groups in total. The third-order valence-electron chi connectivity index (χ3n) is 5.40. The van der Waals surface area contributed by atoms with Crippen molar-refractivity contribution in [1.29, 1.82) is 0 Å². The van der Waals surface area contributed by atoms with Crippen molar-refractivity contribution >= 4 is 53.7 Å². The monoisotopic (exact) mass is 471 g/mol. The summed E-state index contributed by atoms with van der Waals surface area (Å²) in [5.41, 5.74) is 2.65. The van der Waals surface area contributed by atoms with Gasteiger partial charge >= 0.3 is 161 Å². The summed E-state index contributed by atoms with van der Waals surface area (Å²) >= 11 is -1.60. The first kappa shape index (κ1) is 16.6. The van der Waals surface area contributed by atoms with E-state index in [1.54, 1.807) is 0 Å². The van der Waals surface area contributed by atoms with E-state index < -0.39 is 38.3 Å². The van der Waals surface area contributed by atoms with Crippen LogP contribution in [0.4, 0.5) is 13.6 Å². The van der Waals surface area contributed by atoms with E-state index in [0.29, 0.717) is 12.0 Å². The van der Waals surface area contributed by atoms with Crippen molar-refractivity contribution in [2.24, 2.45) is 0 Å². The Morgan fingerprint density at radius 1 is 1.15 bits per heavy atom. The number of thioether (sulfide) groups is 1. The van der Waals surface area contributed by atoms with Crippen LogP contribution in [0, 0.1) is 11.6 Å². The minimum atomic E-state index is -2.67. The number of imide groups is 1. The molecule has 0 aromatic heterocycles. The average Bonchev–Trinajstić information content (AvgIpc) is 3.17. The number of allylic oxidation sites excluding steroid dienone is 1. The third-order valence-corrected chi connectivity index (χ3v) is 18.1. The van der Waals surface area contributed by atoms with E-state index in [0.717, 1.165) is 35.0 Å². The Labute approximate surface area is 160 Å². The number of carbonyl (C=O) groups is 2. The summed E-state index contributed by atoms with van der Waals surface area (Å²) in [4.78, 5) is 24.0. The minimum absolute atomic E-state index is 0.0601. The fraction of sp³-hybridized carbons (Fsp3) is 0.158. The Morgan fingerprint density at radius 3 is 2.73 bits per heavy atom. The summed E-state index contributed by atoms with van der Waals surface area (Å²) in [7, 11) is 0. The molecule has 2 aromatic carbocycles. The molecule has 4 bridgehead atoms. The van der Waals surface area contributed by atoms with Crippen molar-refractivity contribution in [3.05, 3.63) is 68.1 Å². The normalized spacial score (nSPS) is 22.8. The first-order valence-corrected chi connectivity index (χ1v) is 14.4. The Balaban J connectivity index is 1.54. The first-order chi connectivity index (χ1) is 12.5. The van der Waals surface area contributed by atoms with Crippen molar-refractivity contribution in [2.75, 3.05) is 0 Å². The summed E-state index contributed by atoms with van der Waals surface area (Å²) in [6, 6.07) is 9.66. The van der Waals surface area contributed by atoms with Gasteiger partial charge in [0.25, 0.3) is 0 Å². The molecule has 3 aliphatic heterocycles. The van der Waals surface area contributed by atoms with Gasteiger partial charge in [0.05, 0.1) is 0 Å². The summed E-state index contributed by atoms with van der Waals surface area (Å²) in [6.07, 6.45) is 2.49. The number of hydrogen-bond acceptors (Lipinski definition) is 3. The number of hydrogen-bond donors (Lipinski definition) is 1. The van der Waals surface area contributed by atoms with Gasteiger partial charge in [-0.1, -0.05) is 0 Å². The molecule has 1 saturated heterocycles. The van der Waals surface area contributed by atoms with Crippen molar-refractivity contribution < 1.29 is 18.4 Å². The van der Waals surface area contributed by atoms with E-state index in [4.69, 9.17) is 0 Å². The Hall–Kier alpha value is -1.60. The molecule has 128 valence electrons. The zero-order valence-electron chi connectivity index (χ0n) is 13.5. The number of carbonyl (C=O) groups excluding carboxylic acids is 2. The van der Waals surface area contributed by atoms with Crippen LogP contribution in [0.5, 0.6) is 0 Å². The maximum atomic E-state index is 14.1. The van der Waals surface area contributed by atoms with Crippen molar-refractivity contribution in [1.82, 2.24) is 5.32 Å². The van der Waals surface area contributed by atoms with E-state index in [1.807, 2.05) is 12.1 Å². The van der Waals surface area contributed by atoms with Crippen LogP contribution in [-0.2, 0) is 11.2 Å². The predicted molar refractivity (Wildman–Crippen MR) is 97.5 cm³/mol. The van der Waals surface area contributed by atoms with Crippen LogP contribution in [-0.4, -0.2) is 37.8 Å². The molecule has 2 unspecified atom stereocenters. The molecule has 0 aliphatic carbocycles. The molecule has 0 saturated carbocycles. The molecule has 0 spiro atoms. The molecule has 3 heterocycles. The fourth-order valence-corrected chi connectivity index (χ4v) is 18.7. The molecule has 2 amide bonds. The van der Waals surface area contributed by atoms with E-state index in [-0.39, 0.29) is 14.8 Å². The predicted octanol–water partition coefficient (Wildman–Crippen LogP) is 2.83. The number of amides is 2. The molecule has 7 heteroatoms. The summed E-state index contributed by atoms with van der Waals surface area (Å²) in [6.45, 7) is 0. The second kappa shape index (κ2) is 5.96. The SMILES string of the molecule is O=C1NC(=O)C([CH]2c3ccc[c]4c3C=[C](Cc3cc(F)ccc3F)[In]42)S1. The van der Waals surface area contributed by atoms with Gasteiger partial charge in [-0.3, -0.25) is 0 Å². The molecular weight excluding hydrogens is 459 g/mol. The first-order valence-electron chi connectivity index (χ1n) is 8.31. The van der Waals surface area contributed by atoms with Gasteiger partial charge in [0.1, 0.15) is 0 Å². The molecule has 2 aromatic rings. The molecule has 0 radical (unpaired) electrons. The van der Waals surface area contributed by atoms with E-state index >= 15 is 0 Å². The van der Waals surface area contributed by atoms with Crippen LogP contribution in [0.25, 0.3) is 6.08 Å². The van der Waals surface area contributed by atoms with Crippen LogP contribution in [0.1, 0.15) is 20.4 Å². The number of halogens is 2. The zero-order valence-corrected chi connectivity index (χ0v) is 17.6. The van der Waals surface area contributed by atoms with Crippen molar-refractivity contribution in [3.63, 3.8) is 0 Å². The molecule has 26 heavy (non-hydrogen) atoms. The van der Waals surface area contributed by atoms with Gasteiger partial charge in [-0.2, -0.15) is 0 Å².